The van der Waals surface area contributed by atoms with Gasteiger partial charge in [-0.1, -0.05) is 56.5 Å². The molecule has 212 valence electrons. The van der Waals surface area contributed by atoms with Gasteiger partial charge in [0.25, 0.3) is 5.91 Å². The molecule has 0 radical (unpaired) electrons. The monoisotopic (exact) mass is 548 g/mol. The summed E-state index contributed by atoms with van der Waals surface area (Å²) in [6, 6.07) is 13.7. The van der Waals surface area contributed by atoms with Gasteiger partial charge in [-0.3, -0.25) is 9.59 Å². The van der Waals surface area contributed by atoms with Crippen LogP contribution in [0, 0.1) is 0 Å². The molecule has 1 aromatic heterocycles. The molecule has 0 bridgehead atoms. The zero-order chi connectivity index (χ0) is 28.2. The van der Waals surface area contributed by atoms with E-state index in [1.807, 2.05) is 36.4 Å². The average molecular weight is 549 g/mol. The highest BCUT2D eigenvalue weighted by atomic mass is 16.5. The van der Waals surface area contributed by atoms with Crippen LogP contribution < -0.4 is 14.8 Å². The Bertz CT molecular complexity index is 1400. The predicted octanol–water partition coefficient (Wildman–Crippen LogP) is 3.79. The molecule has 0 saturated heterocycles. The van der Waals surface area contributed by atoms with Crippen LogP contribution in [0.4, 0.5) is 0 Å². The highest BCUT2D eigenvalue weighted by molar-refractivity contribution is 5.99. The van der Waals surface area contributed by atoms with Crippen molar-refractivity contribution in [3.05, 3.63) is 71.5 Å². The SMILES string of the molecule is CCCCCCN(C(=O)c1cc2cccc(OC)c2o1)[C@@H]1C=C(C(=O)NCCO)[C@@H]2c3ccccc3O[C@@H]2[C@H]1O. The number of rotatable bonds is 11. The van der Waals surface area contributed by atoms with Gasteiger partial charge >= 0.3 is 0 Å². The van der Waals surface area contributed by atoms with E-state index in [9.17, 15) is 19.8 Å². The number of hydrogen-bond donors (Lipinski definition) is 3. The molecule has 40 heavy (non-hydrogen) atoms. The molecule has 2 aliphatic rings. The van der Waals surface area contributed by atoms with Gasteiger partial charge in [0.2, 0.25) is 5.91 Å². The molecule has 0 saturated carbocycles. The van der Waals surface area contributed by atoms with Crippen molar-refractivity contribution >= 4 is 22.8 Å². The minimum atomic E-state index is -1.10. The normalized spacial score (nSPS) is 21.2. The van der Waals surface area contributed by atoms with Crippen LogP contribution in [0.5, 0.6) is 11.5 Å². The third-order valence-electron chi connectivity index (χ3n) is 7.69. The van der Waals surface area contributed by atoms with Crippen LogP contribution in [0.2, 0.25) is 0 Å². The summed E-state index contributed by atoms with van der Waals surface area (Å²) in [5, 5.41) is 24.5. The molecule has 5 rings (SSSR count). The zero-order valence-corrected chi connectivity index (χ0v) is 22.8. The van der Waals surface area contributed by atoms with Crippen LogP contribution in [0.15, 0.2) is 64.6 Å². The van der Waals surface area contributed by atoms with Crippen LogP contribution in [0.3, 0.4) is 0 Å². The Balaban J connectivity index is 1.55. The minimum absolute atomic E-state index is 0.0871. The lowest BCUT2D eigenvalue weighted by molar-refractivity contribution is -0.118. The number of fused-ring (bicyclic) bond motifs is 4. The van der Waals surface area contributed by atoms with E-state index in [2.05, 4.69) is 12.2 Å². The molecule has 1 aliphatic carbocycles. The van der Waals surface area contributed by atoms with E-state index < -0.39 is 24.2 Å². The Labute approximate surface area is 233 Å². The number of unbranched alkanes of at least 4 members (excludes halogenated alkanes) is 3. The first-order valence-corrected chi connectivity index (χ1v) is 13.9. The van der Waals surface area contributed by atoms with Gasteiger partial charge in [-0.2, -0.15) is 0 Å². The molecule has 9 heteroatoms. The van der Waals surface area contributed by atoms with Gasteiger partial charge in [0.05, 0.1) is 25.7 Å². The van der Waals surface area contributed by atoms with E-state index in [1.54, 1.807) is 30.2 Å². The van der Waals surface area contributed by atoms with Gasteiger partial charge in [-0.15, -0.1) is 0 Å². The number of aliphatic hydroxyl groups is 2. The number of furan rings is 1. The van der Waals surface area contributed by atoms with E-state index in [0.717, 1.165) is 36.6 Å². The first-order chi connectivity index (χ1) is 19.5. The summed E-state index contributed by atoms with van der Waals surface area (Å²) in [5.41, 5.74) is 1.68. The molecular weight excluding hydrogens is 512 g/mol. The Morgan fingerprint density at radius 1 is 1.10 bits per heavy atom. The summed E-state index contributed by atoms with van der Waals surface area (Å²) in [6.45, 7) is 2.36. The van der Waals surface area contributed by atoms with Crippen LogP contribution >= 0.6 is 0 Å². The summed E-state index contributed by atoms with van der Waals surface area (Å²) < 4.78 is 17.6. The van der Waals surface area contributed by atoms with Crippen molar-refractivity contribution in [2.75, 3.05) is 26.8 Å². The van der Waals surface area contributed by atoms with Crippen molar-refractivity contribution in [2.45, 2.75) is 56.8 Å². The number of amides is 2. The van der Waals surface area contributed by atoms with Gasteiger partial charge in [-0.05, 0) is 30.7 Å². The number of aliphatic hydroxyl groups excluding tert-OH is 2. The minimum Gasteiger partial charge on any atom is -0.493 e. The second kappa shape index (κ2) is 12.1. The van der Waals surface area contributed by atoms with Gasteiger partial charge < -0.3 is 34.3 Å². The maximum absolute atomic E-state index is 14.1. The predicted molar refractivity (Wildman–Crippen MR) is 150 cm³/mol. The first-order valence-electron chi connectivity index (χ1n) is 13.9. The highest BCUT2D eigenvalue weighted by Gasteiger charge is 2.50. The number of carbonyl (C=O) groups excluding carboxylic acids is 2. The molecule has 1 aliphatic heterocycles. The lowest BCUT2D eigenvalue weighted by Crippen LogP contribution is -2.56. The fourth-order valence-corrected chi connectivity index (χ4v) is 5.73. The van der Waals surface area contributed by atoms with Crippen LogP contribution in [0.25, 0.3) is 11.0 Å². The van der Waals surface area contributed by atoms with Gasteiger partial charge in [0, 0.05) is 29.6 Å². The van der Waals surface area contributed by atoms with Crippen LogP contribution in [0.1, 0.15) is 54.6 Å². The molecule has 0 spiro atoms. The Hall–Kier alpha value is -3.82. The Morgan fingerprint density at radius 2 is 1.93 bits per heavy atom. The van der Waals surface area contributed by atoms with Gasteiger partial charge in [-0.25, -0.2) is 0 Å². The number of methoxy groups -OCH3 is 1. The van der Waals surface area contributed by atoms with Gasteiger partial charge in [0.15, 0.2) is 17.1 Å². The van der Waals surface area contributed by atoms with Crippen LogP contribution in [-0.2, 0) is 4.79 Å². The molecule has 4 atom stereocenters. The number of nitrogens with one attached hydrogen (secondary N) is 1. The Morgan fingerprint density at radius 3 is 2.70 bits per heavy atom. The largest absolute Gasteiger partial charge is 0.493 e. The van der Waals surface area contributed by atoms with E-state index in [0.29, 0.717) is 29.2 Å². The lowest BCUT2D eigenvalue weighted by Gasteiger charge is -2.40. The molecule has 2 heterocycles. The molecule has 9 nitrogen and oxygen atoms in total. The maximum Gasteiger partial charge on any atom is 0.290 e. The number of carbonyl (C=O) groups is 2. The highest BCUT2D eigenvalue weighted by Crippen LogP contribution is 2.47. The smallest absolute Gasteiger partial charge is 0.290 e. The van der Waals surface area contributed by atoms with E-state index in [-0.39, 0.29) is 30.7 Å². The average Bonchev–Trinajstić information content (AvgIpc) is 3.59. The molecule has 3 N–H and O–H groups in total. The van der Waals surface area contributed by atoms with E-state index in [1.165, 1.54) is 0 Å². The first kappa shape index (κ1) is 27.7. The zero-order valence-electron chi connectivity index (χ0n) is 22.8. The fourth-order valence-electron chi connectivity index (χ4n) is 5.73. The summed E-state index contributed by atoms with van der Waals surface area (Å²) in [4.78, 5) is 29.0. The quantitative estimate of drug-likeness (QED) is 0.312. The van der Waals surface area contributed by atoms with Gasteiger partial charge in [0.1, 0.15) is 18.0 Å². The van der Waals surface area contributed by atoms with E-state index >= 15 is 0 Å². The molecule has 0 fully saturated rings. The number of nitrogens with zero attached hydrogens (tertiary/aromatic N) is 1. The lowest BCUT2D eigenvalue weighted by atomic mass is 9.77. The second-order valence-corrected chi connectivity index (χ2v) is 10.2. The molecular formula is C31H36N2O7. The van der Waals surface area contributed by atoms with Crippen molar-refractivity contribution < 1.29 is 33.7 Å². The molecule has 0 unspecified atom stereocenters. The van der Waals surface area contributed by atoms with Crippen molar-refractivity contribution in [3.8, 4) is 11.5 Å². The Kier molecular flexibility index (Phi) is 8.42. The summed E-state index contributed by atoms with van der Waals surface area (Å²) in [5.74, 6) is -0.0183. The molecule has 2 aromatic carbocycles. The van der Waals surface area contributed by atoms with Crippen molar-refractivity contribution in [1.29, 1.82) is 0 Å². The second-order valence-electron chi connectivity index (χ2n) is 10.2. The number of ether oxygens (including phenoxy) is 2. The van der Waals surface area contributed by atoms with Crippen molar-refractivity contribution in [1.82, 2.24) is 10.2 Å². The third kappa shape index (κ3) is 5.19. The summed E-state index contributed by atoms with van der Waals surface area (Å²) >= 11 is 0. The summed E-state index contributed by atoms with van der Waals surface area (Å²) in [6.07, 6.45) is 3.52. The number of hydrogen-bond acceptors (Lipinski definition) is 7. The van der Waals surface area contributed by atoms with Crippen LogP contribution in [-0.4, -0.2) is 72.0 Å². The maximum atomic E-state index is 14.1. The standard InChI is InChI=1S/C31H36N2O7/c1-3-4-5-8-15-33(31(37)25-17-19-10-9-13-24(38-2)28(19)40-25)22-18-21(30(36)32-14-16-34)26-20-11-6-7-12-23(20)39-29(26)27(22)35/h6-7,9-13,17-18,22,26-27,29,34-35H,3-5,8,14-16H2,1-2H3,(H,32,36)/t22-,26+,27+,29+/m1/s1. The molecule has 3 aromatic rings. The molecule has 2 amide bonds. The fraction of sp³-hybridized carbons (Fsp3) is 0.419. The number of para-hydroxylation sites is 2. The third-order valence-corrected chi connectivity index (χ3v) is 7.69. The summed E-state index contributed by atoms with van der Waals surface area (Å²) in [7, 11) is 1.54. The van der Waals surface area contributed by atoms with Crippen molar-refractivity contribution in [3.63, 3.8) is 0 Å². The number of benzene rings is 2. The topological polar surface area (TPSA) is 121 Å². The van der Waals surface area contributed by atoms with E-state index in [4.69, 9.17) is 13.9 Å². The van der Waals surface area contributed by atoms with Crippen molar-refractivity contribution in [2.24, 2.45) is 0 Å².